The first-order valence-corrected chi connectivity index (χ1v) is 9.33. The number of nitrogens with zero attached hydrogens (tertiary/aromatic N) is 2. The van der Waals surface area contributed by atoms with E-state index >= 15 is 0 Å². The van der Waals surface area contributed by atoms with E-state index in [4.69, 9.17) is 9.47 Å². The topological polar surface area (TPSA) is 73.3 Å². The van der Waals surface area contributed by atoms with Crippen molar-refractivity contribution < 1.29 is 14.3 Å². The Morgan fingerprint density at radius 2 is 2.04 bits per heavy atom. The molecule has 1 fully saturated rings. The molecule has 1 aliphatic rings. The molecule has 0 saturated heterocycles. The number of hydrogen-bond acceptors (Lipinski definition) is 8. The first-order chi connectivity index (χ1) is 11.6. The summed E-state index contributed by atoms with van der Waals surface area (Å²) in [6, 6.07) is 5.74. The van der Waals surface area contributed by atoms with Crippen molar-refractivity contribution in [3.05, 3.63) is 23.8 Å². The lowest BCUT2D eigenvalue weighted by atomic mass is 10.1. The fraction of sp³-hybridized carbons (Fsp3) is 0.438. The Balaban J connectivity index is 1.66. The highest BCUT2D eigenvalue weighted by Crippen LogP contribution is 2.34. The maximum atomic E-state index is 12.6. The van der Waals surface area contributed by atoms with Gasteiger partial charge in [-0.1, -0.05) is 23.1 Å². The van der Waals surface area contributed by atoms with Gasteiger partial charge in [-0.25, -0.2) is 0 Å². The van der Waals surface area contributed by atoms with Gasteiger partial charge in [-0.15, -0.1) is 10.2 Å². The van der Waals surface area contributed by atoms with Crippen LogP contribution in [0, 0.1) is 0 Å². The third-order valence-electron chi connectivity index (χ3n) is 3.63. The molecule has 0 radical (unpaired) electrons. The molecule has 1 N–H and O–H groups in total. The molecular formula is C16H19N3O3S2. The van der Waals surface area contributed by atoms with E-state index in [1.54, 1.807) is 32.4 Å². The standard InChI is InChI=1S/C16H19N3O3S2/c1-9(23-16-19-18-15(24-16)17-11-5-6-11)14(20)10-4-7-12(21-2)13(8-10)22-3/h4,7-9,11H,5-6H2,1-3H3,(H,17,18)/t9-/m1/s1. The molecule has 6 nitrogen and oxygen atoms in total. The average molecular weight is 365 g/mol. The van der Waals surface area contributed by atoms with E-state index in [2.05, 4.69) is 15.5 Å². The first-order valence-electron chi connectivity index (χ1n) is 7.63. The van der Waals surface area contributed by atoms with E-state index in [0.29, 0.717) is 23.1 Å². The molecule has 1 aliphatic carbocycles. The summed E-state index contributed by atoms with van der Waals surface area (Å²) in [7, 11) is 3.13. The molecular weight excluding hydrogens is 346 g/mol. The highest BCUT2D eigenvalue weighted by molar-refractivity contribution is 8.02. The van der Waals surface area contributed by atoms with E-state index in [-0.39, 0.29) is 11.0 Å². The third kappa shape index (κ3) is 3.99. The molecule has 2 aromatic rings. The van der Waals surface area contributed by atoms with Crippen LogP contribution in [0.2, 0.25) is 0 Å². The molecule has 128 valence electrons. The van der Waals surface area contributed by atoms with Crippen molar-refractivity contribution in [3.63, 3.8) is 0 Å². The number of ketones is 1. The Bertz CT molecular complexity index is 731. The molecule has 1 atom stereocenters. The second-order valence-electron chi connectivity index (χ2n) is 5.49. The summed E-state index contributed by atoms with van der Waals surface area (Å²) in [5.74, 6) is 1.18. The van der Waals surface area contributed by atoms with Gasteiger partial charge in [0.05, 0.1) is 19.5 Å². The predicted octanol–water partition coefficient (Wildman–Crippen LogP) is 3.49. The van der Waals surface area contributed by atoms with Crippen LogP contribution in [-0.4, -0.2) is 41.5 Å². The van der Waals surface area contributed by atoms with Crippen LogP contribution in [0.5, 0.6) is 11.5 Å². The zero-order chi connectivity index (χ0) is 17.1. The molecule has 0 spiro atoms. The number of thioether (sulfide) groups is 1. The van der Waals surface area contributed by atoms with Gasteiger partial charge in [-0.2, -0.15) is 0 Å². The van der Waals surface area contributed by atoms with Gasteiger partial charge in [-0.05, 0) is 38.0 Å². The van der Waals surface area contributed by atoms with Crippen LogP contribution in [0.1, 0.15) is 30.1 Å². The van der Waals surface area contributed by atoms with E-state index in [1.165, 1.54) is 35.9 Å². The molecule has 1 aromatic heterocycles. The van der Waals surface area contributed by atoms with Crippen molar-refractivity contribution in [3.8, 4) is 11.5 Å². The summed E-state index contributed by atoms with van der Waals surface area (Å²) in [5.41, 5.74) is 0.591. The van der Waals surface area contributed by atoms with Crippen LogP contribution in [0.25, 0.3) is 0 Å². The Kier molecular flexibility index (Phi) is 5.25. The van der Waals surface area contributed by atoms with E-state index < -0.39 is 0 Å². The minimum absolute atomic E-state index is 0.0212. The molecule has 1 saturated carbocycles. The SMILES string of the molecule is COc1ccc(C(=O)[C@@H](C)Sc2nnc(NC3CC3)s2)cc1OC. The molecule has 0 unspecified atom stereocenters. The summed E-state index contributed by atoms with van der Waals surface area (Å²) in [5, 5.41) is 12.1. The van der Waals surface area contributed by atoms with Crippen molar-refractivity contribution in [1.29, 1.82) is 0 Å². The van der Waals surface area contributed by atoms with Crippen LogP contribution in [0.15, 0.2) is 22.5 Å². The van der Waals surface area contributed by atoms with Crippen LogP contribution in [0.4, 0.5) is 5.13 Å². The minimum atomic E-state index is -0.259. The van der Waals surface area contributed by atoms with Gasteiger partial charge in [-0.3, -0.25) is 4.79 Å². The second kappa shape index (κ2) is 7.40. The highest BCUT2D eigenvalue weighted by atomic mass is 32.2. The number of carbonyl (C=O) groups excluding carboxylic acids is 1. The summed E-state index contributed by atoms with van der Waals surface area (Å²) in [4.78, 5) is 12.6. The predicted molar refractivity (Wildman–Crippen MR) is 95.7 cm³/mol. The van der Waals surface area contributed by atoms with Gasteiger partial charge < -0.3 is 14.8 Å². The summed E-state index contributed by atoms with van der Waals surface area (Å²) in [6.45, 7) is 1.87. The third-order valence-corrected chi connectivity index (χ3v) is 5.66. The number of anilines is 1. The van der Waals surface area contributed by atoms with Crippen molar-refractivity contribution in [1.82, 2.24) is 10.2 Å². The maximum Gasteiger partial charge on any atom is 0.206 e. The summed E-state index contributed by atoms with van der Waals surface area (Å²) >= 11 is 2.91. The molecule has 24 heavy (non-hydrogen) atoms. The number of hydrogen-bond donors (Lipinski definition) is 1. The molecule has 0 amide bonds. The first kappa shape index (κ1) is 17.0. The summed E-state index contributed by atoms with van der Waals surface area (Å²) < 4.78 is 11.3. The lowest BCUT2D eigenvalue weighted by Crippen LogP contribution is -2.13. The molecule has 8 heteroatoms. The smallest absolute Gasteiger partial charge is 0.206 e. The van der Waals surface area contributed by atoms with E-state index in [0.717, 1.165) is 9.47 Å². The number of aromatic nitrogens is 2. The van der Waals surface area contributed by atoms with Crippen LogP contribution >= 0.6 is 23.1 Å². The molecule has 0 bridgehead atoms. The number of carbonyl (C=O) groups is 1. The van der Waals surface area contributed by atoms with Crippen molar-refractivity contribution >= 4 is 34.0 Å². The second-order valence-corrected chi connectivity index (χ2v) is 8.05. The van der Waals surface area contributed by atoms with Crippen molar-refractivity contribution in [2.45, 2.75) is 35.4 Å². The number of ether oxygens (including phenoxy) is 2. The monoisotopic (exact) mass is 365 g/mol. The number of nitrogens with one attached hydrogen (secondary N) is 1. The molecule has 3 rings (SSSR count). The van der Waals surface area contributed by atoms with Gasteiger partial charge in [0.15, 0.2) is 21.6 Å². The van der Waals surface area contributed by atoms with E-state index in [1.807, 2.05) is 6.92 Å². The van der Waals surface area contributed by atoms with E-state index in [9.17, 15) is 4.79 Å². The Morgan fingerprint density at radius 3 is 2.71 bits per heavy atom. The van der Waals surface area contributed by atoms with Gasteiger partial charge in [0.2, 0.25) is 5.13 Å². The van der Waals surface area contributed by atoms with Crippen molar-refractivity contribution in [2.75, 3.05) is 19.5 Å². The van der Waals surface area contributed by atoms with Gasteiger partial charge in [0, 0.05) is 11.6 Å². The largest absolute Gasteiger partial charge is 0.493 e. The minimum Gasteiger partial charge on any atom is -0.493 e. The summed E-state index contributed by atoms with van der Waals surface area (Å²) in [6.07, 6.45) is 2.38. The zero-order valence-corrected chi connectivity index (χ0v) is 15.4. The number of rotatable bonds is 8. The Morgan fingerprint density at radius 1 is 1.29 bits per heavy atom. The number of methoxy groups -OCH3 is 2. The number of Topliss-reactive ketones (excluding diaryl/α,β-unsaturated/α-hetero) is 1. The van der Waals surface area contributed by atoms with Crippen LogP contribution < -0.4 is 14.8 Å². The molecule has 1 aromatic carbocycles. The highest BCUT2D eigenvalue weighted by Gasteiger charge is 2.24. The lowest BCUT2D eigenvalue weighted by molar-refractivity contribution is 0.0993. The zero-order valence-electron chi connectivity index (χ0n) is 13.7. The molecule has 0 aliphatic heterocycles. The maximum absolute atomic E-state index is 12.6. The van der Waals surface area contributed by atoms with Crippen molar-refractivity contribution in [2.24, 2.45) is 0 Å². The van der Waals surface area contributed by atoms with Gasteiger partial charge in [0.1, 0.15) is 0 Å². The number of benzene rings is 1. The van der Waals surface area contributed by atoms with Crippen LogP contribution in [-0.2, 0) is 0 Å². The fourth-order valence-corrected chi connectivity index (χ4v) is 4.20. The van der Waals surface area contributed by atoms with Crippen LogP contribution in [0.3, 0.4) is 0 Å². The van der Waals surface area contributed by atoms with Gasteiger partial charge >= 0.3 is 0 Å². The Labute approximate surface area is 149 Å². The fourth-order valence-electron chi connectivity index (χ4n) is 2.15. The normalized spacial score (nSPS) is 15.0. The Hall–Kier alpha value is -1.80. The lowest BCUT2D eigenvalue weighted by Gasteiger charge is -2.11. The quantitative estimate of drug-likeness (QED) is 0.567. The van der Waals surface area contributed by atoms with Gasteiger partial charge in [0.25, 0.3) is 0 Å². The molecule has 1 heterocycles. The average Bonchev–Trinajstić information content (AvgIpc) is 3.31.